The van der Waals surface area contributed by atoms with Crippen molar-refractivity contribution >= 4 is 29.0 Å². The van der Waals surface area contributed by atoms with Crippen molar-refractivity contribution in [1.29, 1.82) is 0 Å². The number of aromatic nitrogens is 2. The van der Waals surface area contributed by atoms with Gasteiger partial charge in [0.2, 0.25) is 0 Å². The quantitative estimate of drug-likeness (QED) is 0.887. The fraction of sp³-hybridized carbons (Fsp3) is 0.214. The van der Waals surface area contributed by atoms with Gasteiger partial charge in [-0.3, -0.25) is 9.78 Å². The molecule has 0 radical (unpaired) electrons. The molecule has 0 aliphatic heterocycles. The van der Waals surface area contributed by atoms with Crippen molar-refractivity contribution < 1.29 is 4.79 Å². The van der Waals surface area contributed by atoms with Crippen molar-refractivity contribution in [3.05, 3.63) is 47.4 Å². The molecule has 0 bridgehead atoms. The van der Waals surface area contributed by atoms with E-state index >= 15 is 0 Å². The Morgan fingerprint density at radius 1 is 1.35 bits per heavy atom. The fourth-order valence-corrected chi connectivity index (χ4v) is 1.79. The molecule has 0 spiro atoms. The summed E-state index contributed by atoms with van der Waals surface area (Å²) in [7, 11) is 0. The highest BCUT2D eigenvalue weighted by Crippen LogP contribution is 2.19. The van der Waals surface area contributed by atoms with Crippen LogP contribution in [0.2, 0.25) is 5.02 Å². The second kappa shape index (κ2) is 6.86. The number of nitrogens with one attached hydrogen (secondary N) is 2. The molecule has 0 atom stereocenters. The monoisotopic (exact) mass is 290 g/mol. The van der Waals surface area contributed by atoms with Gasteiger partial charge in [0, 0.05) is 30.8 Å². The van der Waals surface area contributed by atoms with Crippen LogP contribution in [-0.4, -0.2) is 22.4 Å². The van der Waals surface area contributed by atoms with E-state index in [9.17, 15) is 4.79 Å². The predicted molar refractivity (Wildman–Crippen MR) is 80.2 cm³/mol. The number of carbonyl (C=O) groups excluding carboxylic acids is 1. The largest absolute Gasteiger partial charge is 0.370 e. The minimum Gasteiger partial charge on any atom is -0.370 e. The maximum atomic E-state index is 12.2. The average Bonchev–Trinajstić information content (AvgIpc) is 2.47. The Balaban J connectivity index is 2.16. The molecule has 0 fully saturated rings. The van der Waals surface area contributed by atoms with Gasteiger partial charge in [-0.05, 0) is 24.6 Å². The zero-order valence-electron chi connectivity index (χ0n) is 11.1. The van der Waals surface area contributed by atoms with Gasteiger partial charge in [0.05, 0.1) is 10.6 Å². The van der Waals surface area contributed by atoms with Crippen molar-refractivity contribution in [2.75, 3.05) is 17.2 Å². The van der Waals surface area contributed by atoms with Crippen molar-refractivity contribution in [3.63, 3.8) is 0 Å². The standard InChI is InChI=1S/C14H15ClN4O/c1-2-5-17-13-8-11(12(15)9-18-13)14(20)19-10-3-6-16-7-4-10/h3-4,6-9H,2,5H2,1H3,(H,17,18)(H,16,19,20). The summed E-state index contributed by atoms with van der Waals surface area (Å²) in [6.07, 6.45) is 5.67. The summed E-state index contributed by atoms with van der Waals surface area (Å²) < 4.78 is 0. The second-order valence-corrected chi connectivity index (χ2v) is 4.57. The molecule has 0 aromatic carbocycles. The van der Waals surface area contributed by atoms with Gasteiger partial charge in [0.25, 0.3) is 5.91 Å². The summed E-state index contributed by atoms with van der Waals surface area (Å²) in [5.74, 6) is 0.360. The van der Waals surface area contributed by atoms with E-state index in [0.717, 1.165) is 13.0 Å². The number of rotatable bonds is 5. The van der Waals surface area contributed by atoms with Crippen LogP contribution in [0.4, 0.5) is 11.5 Å². The summed E-state index contributed by atoms with van der Waals surface area (Å²) in [5, 5.41) is 6.20. The number of halogens is 1. The molecule has 2 heterocycles. The molecule has 0 aliphatic rings. The highest BCUT2D eigenvalue weighted by atomic mass is 35.5. The molecule has 1 amide bonds. The van der Waals surface area contributed by atoms with E-state index in [4.69, 9.17) is 11.6 Å². The van der Waals surface area contributed by atoms with Gasteiger partial charge in [0.1, 0.15) is 5.82 Å². The van der Waals surface area contributed by atoms with Crippen LogP contribution in [-0.2, 0) is 0 Å². The summed E-state index contributed by atoms with van der Waals surface area (Å²) in [6.45, 7) is 2.85. The third-order valence-electron chi connectivity index (χ3n) is 2.59. The van der Waals surface area contributed by atoms with E-state index in [-0.39, 0.29) is 5.91 Å². The van der Waals surface area contributed by atoms with E-state index in [1.54, 1.807) is 30.6 Å². The van der Waals surface area contributed by atoms with Gasteiger partial charge >= 0.3 is 0 Å². The van der Waals surface area contributed by atoms with Crippen molar-refractivity contribution in [2.45, 2.75) is 13.3 Å². The number of anilines is 2. The topological polar surface area (TPSA) is 66.9 Å². The lowest BCUT2D eigenvalue weighted by atomic mass is 10.2. The van der Waals surface area contributed by atoms with Crippen LogP contribution in [0.1, 0.15) is 23.7 Å². The summed E-state index contributed by atoms with van der Waals surface area (Å²) in [6, 6.07) is 5.07. The van der Waals surface area contributed by atoms with Crippen LogP contribution in [0.25, 0.3) is 0 Å². The maximum absolute atomic E-state index is 12.2. The third-order valence-corrected chi connectivity index (χ3v) is 2.90. The Morgan fingerprint density at radius 3 is 2.80 bits per heavy atom. The van der Waals surface area contributed by atoms with E-state index in [2.05, 4.69) is 27.5 Å². The lowest BCUT2D eigenvalue weighted by Crippen LogP contribution is -2.13. The van der Waals surface area contributed by atoms with E-state index < -0.39 is 0 Å². The van der Waals surface area contributed by atoms with E-state index in [1.165, 1.54) is 6.20 Å². The van der Waals surface area contributed by atoms with Gasteiger partial charge in [-0.2, -0.15) is 0 Å². The molecular formula is C14H15ClN4O. The molecule has 0 saturated carbocycles. The normalized spacial score (nSPS) is 10.1. The first-order valence-corrected chi connectivity index (χ1v) is 6.69. The smallest absolute Gasteiger partial charge is 0.257 e. The minimum atomic E-state index is -0.275. The number of pyridine rings is 2. The summed E-state index contributed by atoms with van der Waals surface area (Å²) >= 11 is 6.03. The Hall–Kier alpha value is -2.14. The molecule has 2 N–H and O–H groups in total. The highest BCUT2D eigenvalue weighted by Gasteiger charge is 2.12. The number of carbonyl (C=O) groups is 1. The van der Waals surface area contributed by atoms with Crippen LogP contribution in [0.3, 0.4) is 0 Å². The van der Waals surface area contributed by atoms with Crippen LogP contribution >= 0.6 is 11.6 Å². The molecule has 6 heteroatoms. The molecule has 2 aromatic heterocycles. The first-order chi connectivity index (χ1) is 9.70. The zero-order chi connectivity index (χ0) is 14.4. The average molecular weight is 291 g/mol. The lowest BCUT2D eigenvalue weighted by Gasteiger charge is -2.09. The highest BCUT2D eigenvalue weighted by molar-refractivity contribution is 6.34. The molecule has 2 rings (SSSR count). The molecule has 0 aliphatic carbocycles. The molecular weight excluding hydrogens is 276 g/mol. The van der Waals surface area contributed by atoms with Crippen molar-refractivity contribution in [1.82, 2.24) is 9.97 Å². The third kappa shape index (κ3) is 3.68. The van der Waals surface area contributed by atoms with Gasteiger partial charge in [0.15, 0.2) is 0 Å². The second-order valence-electron chi connectivity index (χ2n) is 4.17. The first kappa shape index (κ1) is 14.3. The Morgan fingerprint density at radius 2 is 2.10 bits per heavy atom. The molecule has 0 saturated heterocycles. The van der Waals surface area contributed by atoms with E-state index in [1.807, 2.05) is 0 Å². The molecule has 2 aromatic rings. The van der Waals surface area contributed by atoms with Crippen LogP contribution < -0.4 is 10.6 Å². The SMILES string of the molecule is CCCNc1cc(C(=O)Nc2ccncc2)c(Cl)cn1. The minimum absolute atomic E-state index is 0.275. The number of hydrogen-bond donors (Lipinski definition) is 2. The predicted octanol–water partition coefficient (Wildman–Crippen LogP) is 3.20. The molecule has 0 unspecified atom stereocenters. The van der Waals surface area contributed by atoms with Gasteiger partial charge in [-0.25, -0.2) is 4.98 Å². The zero-order valence-corrected chi connectivity index (χ0v) is 11.8. The Kier molecular flexibility index (Phi) is 4.90. The van der Waals surface area contributed by atoms with Crippen molar-refractivity contribution in [3.8, 4) is 0 Å². The van der Waals surface area contributed by atoms with Gasteiger partial charge in [-0.15, -0.1) is 0 Å². The van der Waals surface area contributed by atoms with Crippen LogP contribution in [0, 0.1) is 0 Å². The van der Waals surface area contributed by atoms with Gasteiger partial charge < -0.3 is 10.6 Å². The molecule has 20 heavy (non-hydrogen) atoms. The number of nitrogens with zero attached hydrogens (tertiary/aromatic N) is 2. The van der Waals surface area contributed by atoms with Crippen LogP contribution in [0.15, 0.2) is 36.8 Å². The van der Waals surface area contributed by atoms with Gasteiger partial charge in [-0.1, -0.05) is 18.5 Å². The number of amides is 1. The summed E-state index contributed by atoms with van der Waals surface area (Å²) in [5.41, 5.74) is 1.05. The fourth-order valence-electron chi connectivity index (χ4n) is 1.60. The maximum Gasteiger partial charge on any atom is 0.257 e. The Bertz CT molecular complexity index is 589. The first-order valence-electron chi connectivity index (χ1n) is 6.31. The molecule has 104 valence electrons. The van der Waals surface area contributed by atoms with E-state index in [0.29, 0.717) is 22.1 Å². The van der Waals surface area contributed by atoms with Crippen molar-refractivity contribution in [2.24, 2.45) is 0 Å². The van der Waals surface area contributed by atoms with Crippen LogP contribution in [0.5, 0.6) is 0 Å². The number of hydrogen-bond acceptors (Lipinski definition) is 4. The lowest BCUT2D eigenvalue weighted by molar-refractivity contribution is 0.102. The Labute approximate surface area is 122 Å². The molecule has 5 nitrogen and oxygen atoms in total. The summed E-state index contributed by atoms with van der Waals surface area (Å²) in [4.78, 5) is 20.2.